The highest BCUT2D eigenvalue weighted by Crippen LogP contribution is 2.22. The SMILES string of the molecule is CC(C)(C)c1ccc(C(=O)NC2CCN(C(=O)c3ccc(=O)[nH]n3)CC2)cc1. The first-order valence-corrected chi connectivity index (χ1v) is 9.50. The van der Waals surface area contributed by atoms with Crippen LogP contribution >= 0.6 is 0 Å². The molecule has 148 valence electrons. The Morgan fingerprint density at radius 3 is 2.25 bits per heavy atom. The summed E-state index contributed by atoms with van der Waals surface area (Å²) in [6.07, 6.45) is 1.36. The zero-order chi connectivity index (χ0) is 20.3. The Morgan fingerprint density at radius 2 is 1.71 bits per heavy atom. The van der Waals surface area contributed by atoms with Gasteiger partial charge in [0.25, 0.3) is 17.4 Å². The number of nitrogens with zero attached hydrogens (tertiary/aromatic N) is 2. The number of hydrogen-bond donors (Lipinski definition) is 2. The fourth-order valence-corrected chi connectivity index (χ4v) is 3.24. The topological polar surface area (TPSA) is 95.2 Å². The number of nitrogens with one attached hydrogen (secondary N) is 2. The van der Waals surface area contributed by atoms with Gasteiger partial charge >= 0.3 is 0 Å². The van der Waals surface area contributed by atoms with E-state index >= 15 is 0 Å². The molecule has 1 aliphatic heterocycles. The molecule has 0 spiro atoms. The maximum atomic E-state index is 12.5. The summed E-state index contributed by atoms with van der Waals surface area (Å²) in [4.78, 5) is 37.7. The maximum absolute atomic E-state index is 12.5. The quantitative estimate of drug-likeness (QED) is 0.850. The zero-order valence-corrected chi connectivity index (χ0v) is 16.5. The van der Waals surface area contributed by atoms with E-state index in [1.54, 1.807) is 4.90 Å². The Kier molecular flexibility index (Phi) is 5.63. The zero-order valence-electron chi connectivity index (χ0n) is 16.5. The number of benzene rings is 1. The number of H-pyrrole nitrogens is 1. The summed E-state index contributed by atoms with van der Waals surface area (Å²) in [7, 11) is 0. The summed E-state index contributed by atoms with van der Waals surface area (Å²) in [5, 5.41) is 9.12. The minimum absolute atomic E-state index is 0.0300. The van der Waals surface area contributed by atoms with E-state index in [0.29, 0.717) is 31.5 Å². The second-order valence-corrected chi connectivity index (χ2v) is 8.17. The van der Waals surface area contributed by atoms with Crippen LogP contribution in [-0.4, -0.2) is 46.0 Å². The molecule has 0 radical (unpaired) electrons. The number of amides is 2. The molecule has 1 fully saturated rings. The number of aromatic nitrogens is 2. The summed E-state index contributed by atoms with van der Waals surface area (Å²) in [5.74, 6) is -0.300. The van der Waals surface area contributed by atoms with Crippen molar-refractivity contribution >= 4 is 11.8 Å². The van der Waals surface area contributed by atoms with Crippen LogP contribution in [0.5, 0.6) is 0 Å². The lowest BCUT2D eigenvalue weighted by Crippen LogP contribution is -2.46. The van der Waals surface area contributed by atoms with E-state index in [9.17, 15) is 14.4 Å². The predicted octanol–water partition coefficient (Wildman–Crippen LogP) is 2.10. The molecule has 7 heteroatoms. The molecule has 28 heavy (non-hydrogen) atoms. The van der Waals surface area contributed by atoms with E-state index < -0.39 is 0 Å². The van der Waals surface area contributed by atoms with Crippen molar-refractivity contribution in [2.45, 2.75) is 45.1 Å². The highest BCUT2D eigenvalue weighted by Gasteiger charge is 2.25. The Bertz CT molecular complexity index is 884. The summed E-state index contributed by atoms with van der Waals surface area (Å²) in [5.41, 5.74) is 1.76. The smallest absolute Gasteiger partial charge is 0.274 e. The first-order valence-electron chi connectivity index (χ1n) is 9.50. The Labute approximate surface area is 164 Å². The summed E-state index contributed by atoms with van der Waals surface area (Å²) in [6, 6.07) is 10.4. The van der Waals surface area contributed by atoms with Crippen LogP contribution in [0.15, 0.2) is 41.2 Å². The Hall–Kier alpha value is -2.96. The van der Waals surface area contributed by atoms with Gasteiger partial charge < -0.3 is 10.2 Å². The van der Waals surface area contributed by atoms with Crippen molar-refractivity contribution in [1.82, 2.24) is 20.4 Å². The minimum atomic E-state index is -0.339. The van der Waals surface area contributed by atoms with Gasteiger partial charge in [-0.05, 0) is 42.0 Å². The van der Waals surface area contributed by atoms with Gasteiger partial charge in [0, 0.05) is 30.8 Å². The van der Waals surface area contributed by atoms with Gasteiger partial charge in [0.15, 0.2) is 0 Å². The number of likely N-dealkylation sites (tertiary alicyclic amines) is 1. The molecule has 0 saturated carbocycles. The van der Waals surface area contributed by atoms with Gasteiger partial charge in [-0.15, -0.1) is 0 Å². The lowest BCUT2D eigenvalue weighted by atomic mass is 9.86. The van der Waals surface area contributed by atoms with Gasteiger partial charge in [0.05, 0.1) is 0 Å². The second kappa shape index (κ2) is 7.96. The third-order valence-corrected chi connectivity index (χ3v) is 5.03. The molecule has 1 saturated heterocycles. The van der Waals surface area contributed by atoms with Crippen molar-refractivity contribution in [2.24, 2.45) is 0 Å². The number of piperidine rings is 1. The molecule has 7 nitrogen and oxygen atoms in total. The lowest BCUT2D eigenvalue weighted by Gasteiger charge is -2.32. The van der Waals surface area contributed by atoms with E-state index in [2.05, 4.69) is 36.3 Å². The fourth-order valence-electron chi connectivity index (χ4n) is 3.24. The highest BCUT2D eigenvalue weighted by atomic mass is 16.2. The summed E-state index contributed by atoms with van der Waals surface area (Å²) >= 11 is 0. The minimum Gasteiger partial charge on any atom is -0.349 e. The number of carbonyl (C=O) groups is 2. The van der Waals surface area contributed by atoms with Crippen molar-refractivity contribution in [3.8, 4) is 0 Å². The molecule has 2 N–H and O–H groups in total. The number of carbonyl (C=O) groups excluding carboxylic acids is 2. The van der Waals surface area contributed by atoms with Crippen molar-refractivity contribution in [2.75, 3.05) is 13.1 Å². The van der Waals surface area contributed by atoms with E-state index in [1.807, 2.05) is 24.3 Å². The molecule has 1 aromatic heterocycles. The van der Waals surface area contributed by atoms with E-state index in [1.165, 1.54) is 17.7 Å². The van der Waals surface area contributed by atoms with Crippen LogP contribution < -0.4 is 10.9 Å². The first kappa shape index (κ1) is 19.8. The fraction of sp³-hybridized carbons (Fsp3) is 0.429. The lowest BCUT2D eigenvalue weighted by molar-refractivity contribution is 0.0691. The molecular formula is C21H26N4O3. The standard InChI is InChI=1S/C21H26N4O3/c1-21(2,3)15-6-4-14(5-7-15)19(27)22-16-10-12-25(13-11-16)20(28)17-8-9-18(26)24-23-17/h4-9,16H,10-13H2,1-3H3,(H,22,27)(H,24,26). The van der Waals surface area contributed by atoms with Crippen molar-refractivity contribution in [1.29, 1.82) is 0 Å². The van der Waals surface area contributed by atoms with Gasteiger partial charge in [0.2, 0.25) is 0 Å². The molecule has 3 rings (SSSR count). The van der Waals surface area contributed by atoms with E-state index in [-0.39, 0.29) is 34.5 Å². The van der Waals surface area contributed by atoms with Crippen LogP contribution in [0.1, 0.15) is 60.0 Å². The van der Waals surface area contributed by atoms with Crippen LogP contribution in [0.2, 0.25) is 0 Å². The normalized spacial score (nSPS) is 15.3. The second-order valence-electron chi connectivity index (χ2n) is 8.17. The largest absolute Gasteiger partial charge is 0.349 e. The number of aromatic amines is 1. The van der Waals surface area contributed by atoms with Crippen LogP contribution in [0.25, 0.3) is 0 Å². The molecule has 2 amide bonds. The van der Waals surface area contributed by atoms with Gasteiger partial charge in [-0.3, -0.25) is 14.4 Å². The van der Waals surface area contributed by atoms with Crippen LogP contribution in [0.4, 0.5) is 0 Å². The predicted molar refractivity (Wildman–Crippen MR) is 106 cm³/mol. The van der Waals surface area contributed by atoms with Gasteiger partial charge in [-0.2, -0.15) is 5.10 Å². The molecular weight excluding hydrogens is 356 g/mol. The Morgan fingerprint density at radius 1 is 1.07 bits per heavy atom. The van der Waals surface area contributed by atoms with Crippen LogP contribution in [0.3, 0.4) is 0 Å². The third kappa shape index (κ3) is 4.65. The number of rotatable bonds is 3. The molecule has 0 bridgehead atoms. The number of hydrogen-bond acceptors (Lipinski definition) is 4. The average Bonchev–Trinajstić information content (AvgIpc) is 2.68. The van der Waals surface area contributed by atoms with Crippen LogP contribution in [0, 0.1) is 0 Å². The summed E-state index contributed by atoms with van der Waals surface area (Å²) < 4.78 is 0. The molecule has 1 aliphatic rings. The van der Waals surface area contributed by atoms with Crippen molar-refractivity contribution in [3.63, 3.8) is 0 Å². The monoisotopic (exact) mass is 382 g/mol. The van der Waals surface area contributed by atoms with E-state index in [4.69, 9.17) is 0 Å². The van der Waals surface area contributed by atoms with Crippen molar-refractivity contribution < 1.29 is 9.59 Å². The molecule has 0 atom stereocenters. The van der Waals surface area contributed by atoms with E-state index in [0.717, 1.165) is 0 Å². The van der Waals surface area contributed by atoms with Gasteiger partial charge in [-0.1, -0.05) is 32.9 Å². The van der Waals surface area contributed by atoms with Gasteiger partial charge in [-0.25, -0.2) is 5.10 Å². The molecule has 2 aromatic rings. The highest BCUT2D eigenvalue weighted by molar-refractivity contribution is 5.94. The maximum Gasteiger partial charge on any atom is 0.274 e. The van der Waals surface area contributed by atoms with Crippen LogP contribution in [-0.2, 0) is 5.41 Å². The molecule has 0 aliphatic carbocycles. The Balaban J connectivity index is 1.53. The third-order valence-electron chi connectivity index (χ3n) is 5.03. The average molecular weight is 382 g/mol. The van der Waals surface area contributed by atoms with Gasteiger partial charge in [0.1, 0.15) is 5.69 Å². The first-order chi connectivity index (χ1) is 13.2. The van der Waals surface area contributed by atoms with Crippen molar-refractivity contribution in [3.05, 3.63) is 63.6 Å². The molecule has 1 aromatic carbocycles. The summed E-state index contributed by atoms with van der Waals surface area (Å²) in [6.45, 7) is 7.49. The molecule has 2 heterocycles. The molecule has 0 unspecified atom stereocenters.